The van der Waals surface area contributed by atoms with Gasteiger partial charge in [-0.05, 0) is 63.4 Å². The second-order valence-corrected chi connectivity index (χ2v) is 9.44. The van der Waals surface area contributed by atoms with Gasteiger partial charge in [0.15, 0.2) is 0 Å². The monoisotopic (exact) mass is 432 g/mol. The summed E-state index contributed by atoms with van der Waals surface area (Å²) >= 11 is 4.56. The lowest BCUT2D eigenvalue weighted by molar-refractivity contribution is -0.148. The molecule has 1 N–H and O–H groups in total. The van der Waals surface area contributed by atoms with Gasteiger partial charge in [-0.2, -0.15) is 12.6 Å². The van der Waals surface area contributed by atoms with Gasteiger partial charge in [0.25, 0.3) is 0 Å². The largest absolute Gasteiger partial charge is 0.489 e. The van der Waals surface area contributed by atoms with Crippen LogP contribution in [-0.4, -0.2) is 21.9 Å². The van der Waals surface area contributed by atoms with Gasteiger partial charge in [0, 0.05) is 22.8 Å². The standard InChI is InChI=1S/C24H29FO4S/c1-5-24(4,22(26)27)20(30)10-15-6-8-19(9-7-15)28-14-17-12-18(25)11-16-13-23(2,3)29-21(16)17/h6-9,11-12,20,30H,5,10,13-14H2,1-4H3,(H,26,27). The number of hydrogen-bond donors (Lipinski definition) is 2. The number of fused-ring (bicyclic) bond motifs is 1. The zero-order chi connectivity index (χ0) is 22.1. The van der Waals surface area contributed by atoms with E-state index in [-0.39, 0.29) is 23.3 Å². The first kappa shape index (κ1) is 22.5. The van der Waals surface area contributed by atoms with Crippen LogP contribution in [0.2, 0.25) is 0 Å². The van der Waals surface area contributed by atoms with Crippen molar-refractivity contribution in [1.82, 2.24) is 0 Å². The number of carboxylic acid groups (broad SMARTS) is 1. The fraction of sp³-hybridized carbons (Fsp3) is 0.458. The number of carboxylic acids is 1. The maximum absolute atomic E-state index is 14.0. The van der Waals surface area contributed by atoms with E-state index in [2.05, 4.69) is 12.6 Å². The van der Waals surface area contributed by atoms with E-state index < -0.39 is 11.4 Å². The van der Waals surface area contributed by atoms with Crippen molar-refractivity contribution in [3.8, 4) is 11.5 Å². The van der Waals surface area contributed by atoms with Crippen molar-refractivity contribution in [1.29, 1.82) is 0 Å². The smallest absolute Gasteiger partial charge is 0.310 e. The highest BCUT2D eigenvalue weighted by Crippen LogP contribution is 2.39. The number of rotatable bonds is 8. The van der Waals surface area contributed by atoms with Gasteiger partial charge in [-0.3, -0.25) is 4.79 Å². The molecule has 30 heavy (non-hydrogen) atoms. The van der Waals surface area contributed by atoms with Crippen molar-refractivity contribution in [3.05, 3.63) is 58.9 Å². The number of thiol groups is 1. The third-order valence-corrected chi connectivity index (χ3v) is 6.66. The van der Waals surface area contributed by atoms with E-state index in [0.29, 0.717) is 36.3 Å². The van der Waals surface area contributed by atoms with Crippen molar-refractivity contribution in [2.45, 2.75) is 64.4 Å². The molecule has 0 fully saturated rings. The highest BCUT2D eigenvalue weighted by atomic mass is 32.1. The molecule has 4 nitrogen and oxygen atoms in total. The Morgan fingerprint density at radius 3 is 2.60 bits per heavy atom. The van der Waals surface area contributed by atoms with Gasteiger partial charge in [-0.15, -0.1) is 0 Å². The van der Waals surface area contributed by atoms with Crippen LogP contribution in [0.5, 0.6) is 11.5 Å². The predicted molar refractivity (Wildman–Crippen MR) is 118 cm³/mol. The zero-order valence-electron chi connectivity index (χ0n) is 17.9. The van der Waals surface area contributed by atoms with E-state index in [1.54, 1.807) is 6.92 Å². The average molecular weight is 433 g/mol. The summed E-state index contributed by atoms with van der Waals surface area (Å²) < 4.78 is 25.9. The van der Waals surface area contributed by atoms with E-state index >= 15 is 0 Å². The molecule has 0 bridgehead atoms. The molecule has 0 saturated carbocycles. The van der Waals surface area contributed by atoms with Crippen LogP contribution < -0.4 is 9.47 Å². The fourth-order valence-corrected chi connectivity index (χ4v) is 4.22. The molecule has 0 radical (unpaired) electrons. The number of carbonyl (C=O) groups is 1. The third kappa shape index (κ3) is 4.75. The van der Waals surface area contributed by atoms with Crippen molar-refractivity contribution in [2.24, 2.45) is 5.41 Å². The number of ether oxygens (including phenoxy) is 2. The Labute approximate surface area is 182 Å². The first-order chi connectivity index (χ1) is 14.0. The molecule has 1 heterocycles. The second-order valence-electron chi connectivity index (χ2n) is 8.82. The summed E-state index contributed by atoms with van der Waals surface area (Å²) in [4.78, 5) is 11.6. The Morgan fingerprint density at radius 1 is 1.33 bits per heavy atom. The summed E-state index contributed by atoms with van der Waals surface area (Å²) in [5.74, 6) is 0.240. The Hall–Kier alpha value is -2.21. The molecular formula is C24H29FO4S. The zero-order valence-corrected chi connectivity index (χ0v) is 18.8. The van der Waals surface area contributed by atoms with Crippen LogP contribution in [0.15, 0.2) is 36.4 Å². The Balaban J connectivity index is 1.66. The molecule has 162 valence electrons. The molecule has 6 heteroatoms. The third-order valence-electron chi connectivity index (χ3n) is 5.91. The molecule has 3 rings (SSSR count). The molecule has 2 atom stereocenters. The van der Waals surface area contributed by atoms with Crippen LogP contribution in [0.3, 0.4) is 0 Å². The fourth-order valence-electron chi connectivity index (χ4n) is 3.71. The quantitative estimate of drug-likeness (QED) is 0.544. The topological polar surface area (TPSA) is 55.8 Å². The number of hydrogen-bond acceptors (Lipinski definition) is 4. The van der Waals surface area contributed by atoms with Crippen molar-refractivity contribution < 1.29 is 23.8 Å². The van der Waals surface area contributed by atoms with Crippen LogP contribution in [0.25, 0.3) is 0 Å². The molecule has 1 aliphatic rings. The molecule has 0 saturated heterocycles. The summed E-state index contributed by atoms with van der Waals surface area (Å²) in [7, 11) is 0. The number of halogens is 1. The summed E-state index contributed by atoms with van der Waals surface area (Å²) in [5.41, 5.74) is 1.31. The first-order valence-corrected chi connectivity index (χ1v) is 10.7. The number of benzene rings is 2. The number of aliphatic carboxylic acids is 1. The molecule has 0 aliphatic carbocycles. The molecule has 2 aromatic carbocycles. The van der Waals surface area contributed by atoms with Gasteiger partial charge < -0.3 is 14.6 Å². The van der Waals surface area contributed by atoms with Crippen LogP contribution >= 0.6 is 12.6 Å². The summed E-state index contributed by atoms with van der Waals surface area (Å²) in [6, 6.07) is 10.5. The molecule has 0 spiro atoms. The first-order valence-electron chi connectivity index (χ1n) is 10.2. The van der Waals surface area contributed by atoms with Gasteiger partial charge in [0.2, 0.25) is 0 Å². The van der Waals surface area contributed by atoms with Crippen LogP contribution in [0, 0.1) is 11.2 Å². The Bertz CT molecular complexity index is 926. The Kier molecular flexibility index (Phi) is 6.37. The highest BCUT2D eigenvalue weighted by molar-refractivity contribution is 7.81. The molecule has 2 aromatic rings. The summed E-state index contributed by atoms with van der Waals surface area (Å²) in [5, 5.41) is 9.21. The maximum atomic E-state index is 14.0. The van der Waals surface area contributed by atoms with Crippen molar-refractivity contribution in [3.63, 3.8) is 0 Å². The van der Waals surface area contributed by atoms with Gasteiger partial charge in [0.1, 0.15) is 29.5 Å². The predicted octanol–water partition coefficient (Wildman–Crippen LogP) is 5.46. The summed E-state index contributed by atoms with van der Waals surface area (Å²) in [6.07, 6.45) is 1.72. The van der Waals surface area contributed by atoms with Gasteiger partial charge in [0.05, 0.1) is 5.41 Å². The van der Waals surface area contributed by atoms with Gasteiger partial charge in [-0.1, -0.05) is 19.1 Å². The highest BCUT2D eigenvalue weighted by Gasteiger charge is 2.38. The molecule has 1 aliphatic heterocycles. The molecule has 0 amide bonds. The van der Waals surface area contributed by atoms with Gasteiger partial charge in [-0.25, -0.2) is 4.39 Å². The Morgan fingerprint density at radius 2 is 2.00 bits per heavy atom. The second kappa shape index (κ2) is 8.50. The lowest BCUT2D eigenvalue weighted by Crippen LogP contribution is -2.37. The van der Waals surface area contributed by atoms with Crippen LogP contribution in [0.1, 0.15) is 50.8 Å². The van der Waals surface area contributed by atoms with E-state index in [4.69, 9.17) is 9.47 Å². The summed E-state index contributed by atoms with van der Waals surface area (Å²) in [6.45, 7) is 7.76. The van der Waals surface area contributed by atoms with Crippen LogP contribution in [-0.2, 0) is 24.2 Å². The van der Waals surface area contributed by atoms with E-state index in [9.17, 15) is 14.3 Å². The lowest BCUT2D eigenvalue weighted by Gasteiger charge is -2.29. The van der Waals surface area contributed by atoms with Crippen LogP contribution in [0.4, 0.5) is 4.39 Å². The minimum Gasteiger partial charge on any atom is -0.489 e. The normalized spacial score (nSPS) is 17.5. The minimum absolute atomic E-state index is 0.206. The van der Waals surface area contributed by atoms with E-state index in [1.165, 1.54) is 12.1 Å². The average Bonchev–Trinajstić information content (AvgIpc) is 3.00. The SMILES string of the molecule is CCC(C)(C(=O)O)C(S)Cc1ccc(OCc2cc(F)cc3c2OC(C)(C)C3)cc1. The minimum atomic E-state index is -0.885. The van der Waals surface area contributed by atoms with Gasteiger partial charge >= 0.3 is 5.97 Å². The molecular weight excluding hydrogens is 403 g/mol. The lowest BCUT2D eigenvalue weighted by atomic mass is 9.81. The van der Waals surface area contributed by atoms with E-state index in [1.807, 2.05) is 45.0 Å². The maximum Gasteiger partial charge on any atom is 0.310 e. The van der Waals surface area contributed by atoms with E-state index in [0.717, 1.165) is 11.1 Å². The van der Waals surface area contributed by atoms with Crippen molar-refractivity contribution in [2.75, 3.05) is 0 Å². The molecule has 0 aromatic heterocycles. The molecule has 2 unspecified atom stereocenters. The van der Waals surface area contributed by atoms with Crippen molar-refractivity contribution >= 4 is 18.6 Å².